The number of ether oxygens (including phenoxy) is 1. The fourth-order valence-electron chi connectivity index (χ4n) is 2.35. The van der Waals surface area contributed by atoms with E-state index < -0.39 is 12.4 Å². The normalized spacial score (nSPS) is 11.3. The molecule has 0 atom stereocenters. The van der Waals surface area contributed by atoms with E-state index >= 15 is 0 Å². The Balaban J connectivity index is 0.00000192. The van der Waals surface area contributed by atoms with Crippen LogP contribution < -0.4 is 61.6 Å². The van der Waals surface area contributed by atoms with Crippen LogP contribution in [0.5, 0.6) is 5.75 Å². The summed E-state index contributed by atoms with van der Waals surface area (Å²) in [5.74, 6) is -0.183. The van der Waals surface area contributed by atoms with Crippen molar-refractivity contribution in [3.8, 4) is 5.75 Å². The van der Waals surface area contributed by atoms with E-state index in [9.17, 15) is 12.9 Å². The van der Waals surface area contributed by atoms with Crippen molar-refractivity contribution in [2.75, 3.05) is 0 Å². The van der Waals surface area contributed by atoms with E-state index in [4.69, 9.17) is 4.74 Å². The summed E-state index contributed by atoms with van der Waals surface area (Å²) in [7, 11) is 1.68. The van der Waals surface area contributed by atoms with Crippen LogP contribution in [0.1, 0.15) is 5.69 Å². The van der Waals surface area contributed by atoms with E-state index in [2.05, 4.69) is 10.3 Å². The van der Waals surface area contributed by atoms with Gasteiger partial charge in [-0.3, -0.25) is 4.68 Å². The summed E-state index contributed by atoms with van der Waals surface area (Å²) in [4.78, 5) is 0. The molecule has 1 heterocycles. The van der Waals surface area contributed by atoms with Crippen LogP contribution >= 0.6 is 0 Å². The number of aryl methyl sites for hydroxylation is 1. The summed E-state index contributed by atoms with van der Waals surface area (Å²) in [6, 6.07) is 9.35. The fraction of sp³-hybridized carbons (Fsp3) is 0.143. The summed E-state index contributed by atoms with van der Waals surface area (Å²) in [6.07, 6.45) is 1.60. The van der Waals surface area contributed by atoms with Gasteiger partial charge in [0.15, 0.2) is 0 Å². The molecule has 0 fully saturated rings. The molecule has 0 N–H and O–H groups in total. The van der Waals surface area contributed by atoms with Gasteiger partial charge in [0.25, 0.3) is 0 Å². The molecule has 2 aromatic carbocycles. The molecule has 0 unspecified atom stereocenters. The quantitative estimate of drug-likeness (QED) is 0.605. The SMILES string of the molecule is Cn1cc(COc2ccc3ccccc3c2[B-](F)(F)F)nn1.[K+]. The van der Waals surface area contributed by atoms with Crippen LogP contribution in [0.25, 0.3) is 10.8 Å². The molecule has 4 nitrogen and oxygen atoms in total. The van der Waals surface area contributed by atoms with E-state index in [0.29, 0.717) is 11.1 Å². The molecule has 3 aromatic rings. The Morgan fingerprint density at radius 2 is 1.87 bits per heavy atom. The molecule has 1 aromatic heterocycles. The Kier molecular flexibility index (Phi) is 5.90. The summed E-state index contributed by atoms with van der Waals surface area (Å²) < 4.78 is 47.2. The van der Waals surface area contributed by atoms with Gasteiger partial charge in [-0.1, -0.05) is 41.0 Å². The zero-order chi connectivity index (χ0) is 15.7. The number of halogens is 3. The van der Waals surface area contributed by atoms with Gasteiger partial charge >= 0.3 is 58.4 Å². The molecule has 0 saturated carbocycles. The summed E-state index contributed by atoms with van der Waals surface area (Å²) in [5.41, 5.74) is -0.238. The maximum Gasteiger partial charge on any atom is 1.00 e. The first-order chi connectivity index (χ1) is 10.4. The van der Waals surface area contributed by atoms with Gasteiger partial charge in [0, 0.05) is 7.05 Å². The standard InChI is InChI=1S/C14H12BF3N3O.K/c1-21-8-11(19-20-21)9-22-13-7-6-10-4-2-3-5-12(10)14(13)15(16,17)18;/h2-8H,9H2,1H3;/q-1;+1. The van der Waals surface area contributed by atoms with Gasteiger partial charge in [-0.25, -0.2) is 0 Å². The molecule has 0 aliphatic rings. The molecule has 0 amide bonds. The second-order valence-corrected chi connectivity index (χ2v) is 4.95. The van der Waals surface area contributed by atoms with Crippen molar-refractivity contribution in [2.45, 2.75) is 6.61 Å². The maximum absolute atomic E-state index is 13.5. The average molecular weight is 345 g/mol. The second-order valence-electron chi connectivity index (χ2n) is 4.95. The minimum atomic E-state index is -5.19. The smallest absolute Gasteiger partial charge is 0.490 e. The van der Waals surface area contributed by atoms with Crippen LogP contribution in [-0.2, 0) is 13.7 Å². The molecule has 0 radical (unpaired) electrons. The van der Waals surface area contributed by atoms with Gasteiger partial charge in [0.1, 0.15) is 12.3 Å². The van der Waals surface area contributed by atoms with E-state index in [1.54, 1.807) is 37.5 Å². The predicted octanol–water partition coefficient (Wildman–Crippen LogP) is -0.394. The molecule has 0 spiro atoms. The molecule has 0 aliphatic carbocycles. The van der Waals surface area contributed by atoms with Gasteiger partial charge in [0.05, 0.1) is 11.9 Å². The van der Waals surface area contributed by atoms with Crippen LogP contribution in [0.15, 0.2) is 42.6 Å². The predicted molar refractivity (Wildman–Crippen MR) is 78.0 cm³/mol. The van der Waals surface area contributed by atoms with Gasteiger partial charge in [-0.05, 0) is 16.8 Å². The number of nitrogens with zero attached hydrogens (tertiary/aromatic N) is 3. The van der Waals surface area contributed by atoms with Crippen molar-refractivity contribution in [3.05, 3.63) is 48.3 Å². The second kappa shape index (κ2) is 7.35. The van der Waals surface area contributed by atoms with Crippen molar-refractivity contribution in [2.24, 2.45) is 7.05 Å². The van der Waals surface area contributed by atoms with E-state index in [-0.39, 0.29) is 69.1 Å². The van der Waals surface area contributed by atoms with Gasteiger partial charge in [-0.2, -0.15) is 0 Å². The fourth-order valence-corrected chi connectivity index (χ4v) is 2.35. The van der Waals surface area contributed by atoms with Crippen molar-refractivity contribution in [1.82, 2.24) is 15.0 Å². The van der Waals surface area contributed by atoms with Crippen molar-refractivity contribution in [3.63, 3.8) is 0 Å². The Hall–Kier alpha value is -0.869. The zero-order valence-electron chi connectivity index (χ0n) is 12.7. The molecular weight excluding hydrogens is 333 g/mol. The minimum absolute atomic E-state index is 0. The summed E-state index contributed by atoms with van der Waals surface area (Å²) >= 11 is 0. The molecule has 9 heteroatoms. The van der Waals surface area contributed by atoms with E-state index in [0.717, 1.165) is 0 Å². The number of hydrogen-bond acceptors (Lipinski definition) is 3. The van der Waals surface area contributed by atoms with Gasteiger partial charge in [0.2, 0.25) is 0 Å². The van der Waals surface area contributed by atoms with Crippen LogP contribution in [0.3, 0.4) is 0 Å². The Morgan fingerprint density at radius 3 is 2.52 bits per heavy atom. The third-order valence-corrected chi connectivity index (χ3v) is 3.28. The molecular formula is C14H12BF3KN3O. The van der Waals surface area contributed by atoms with Crippen LogP contribution in [0, 0.1) is 0 Å². The van der Waals surface area contributed by atoms with Gasteiger partial charge in [-0.15, -0.1) is 5.10 Å². The largest absolute Gasteiger partial charge is 1.00 e. The number of aromatic nitrogens is 3. The van der Waals surface area contributed by atoms with Crippen molar-refractivity contribution >= 4 is 23.2 Å². The number of rotatable bonds is 4. The first-order valence-electron chi connectivity index (χ1n) is 6.65. The third-order valence-electron chi connectivity index (χ3n) is 3.28. The first-order valence-corrected chi connectivity index (χ1v) is 6.65. The molecule has 0 saturated heterocycles. The molecule has 23 heavy (non-hydrogen) atoms. The van der Waals surface area contributed by atoms with Crippen molar-refractivity contribution in [1.29, 1.82) is 0 Å². The Bertz CT molecular complexity index is 822. The molecule has 0 aliphatic heterocycles. The minimum Gasteiger partial charge on any atom is -0.490 e. The number of fused-ring (bicyclic) bond motifs is 1. The van der Waals surface area contributed by atoms with E-state index in [1.807, 2.05) is 0 Å². The number of hydrogen-bond donors (Lipinski definition) is 0. The summed E-state index contributed by atoms with van der Waals surface area (Å²) in [5, 5.41) is 8.19. The van der Waals surface area contributed by atoms with Gasteiger partial charge < -0.3 is 17.7 Å². The van der Waals surface area contributed by atoms with E-state index in [1.165, 1.54) is 16.8 Å². The Morgan fingerprint density at radius 1 is 1.13 bits per heavy atom. The topological polar surface area (TPSA) is 39.9 Å². The molecule has 114 valence electrons. The monoisotopic (exact) mass is 345 g/mol. The Labute approximate surface area is 173 Å². The van der Waals surface area contributed by atoms with Crippen LogP contribution in [0.2, 0.25) is 0 Å². The first kappa shape index (κ1) is 18.5. The maximum atomic E-state index is 13.5. The number of benzene rings is 2. The van der Waals surface area contributed by atoms with Crippen LogP contribution in [-0.4, -0.2) is 22.0 Å². The van der Waals surface area contributed by atoms with Crippen LogP contribution in [0.4, 0.5) is 12.9 Å². The summed E-state index contributed by atoms with van der Waals surface area (Å²) in [6.45, 7) is -5.26. The van der Waals surface area contributed by atoms with Crippen molar-refractivity contribution < 1.29 is 69.1 Å². The molecule has 3 rings (SSSR count). The molecule has 0 bridgehead atoms. The third kappa shape index (κ3) is 4.16. The average Bonchev–Trinajstić information content (AvgIpc) is 2.89. The zero-order valence-corrected chi connectivity index (χ0v) is 15.8.